The van der Waals surface area contributed by atoms with E-state index in [0.29, 0.717) is 33.9 Å². The summed E-state index contributed by atoms with van der Waals surface area (Å²) in [5.41, 5.74) is 2.81. The van der Waals surface area contributed by atoms with E-state index in [1.54, 1.807) is 31.3 Å². The van der Waals surface area contributed by atoms with Crippen molar-refractivity contribution in [1.82, 2.24) is 20.3 Å². The van der Waals surface area contributed by atoms with Crippen molar-refractivity contribution in [1.29, 1.82) is 0 Å². The maximum absolute atomic E-state index is 12.8. The van der Waals surface area contributed by atoms with Crippen LogP contribution >= 0.6 is 11.3 Å². The number of hydrogen-bond donors (Lipinski definition) is 0. The zero-order valence-corrected chi connectivity index (χ0v) is 16.0. The van der Waals surface area contributed by atoms with Crippen LogP contribution in [-0.4, -0.2) is 26.3 Å². The molecule has 0 N–H and O–H groups in total. The zero-order chi connectivity index (χ0) is 19.1. The highest BCUT2D eigenvalue weighted by atomic mass is 32.1. The van der Waals surface area contributed by atoms with Crippen molar-refractivity contribution < 1.29 is 18.5 Å². The van der Waals surface area contributed by atoms with Gasteiger partial charge in [0.25, 0.3) is 11.6 Å². The minimum atomic E-state index is -0.532. The highest BCUT2D eigenvalue weighted by Gasteiger charge is 2.22. The number of thiophene rings is 1. The molecule has 0 bridgehead atoms. The van der Waals surface area contributed by atoms with Crippen LogP contribution in [0.15, 0.2) is 21.1 Å². The number of ether oxygens (including phenoxy) is 1. The standard InChI is InChI=1S/C18H16N4O4S/c1-8-5-12(10(3)27-8)14-6-13(16-9(2)22-26-17(16)19-14)18(23)24-7-15-21-20-11(4)25-15/h5-6H,7H2,1-4H3. The Morgan fingerprint density at radius 2 is 2.00 bits per heavy atom. The minimum absolute atomic E-state index is 0.111. The van der Waals surface area contributed by atoms with Gasteiger partial charge in [0.05, 0.1) is 22.3 Å². The first-order valence-electron chi connectivity index (χ1n) is 8.23. The molecule has 0 aromatic carbocycles. The van der Waals surface area contributed by atoms with E-state index in [2.05, 4.69) is 20.3 Å². The molecule has 0 radical (unpaired) electrons. The second kappa shape index (κ2) is 6.58. The highest BCUT2D eigenvalue weighted by Crippen LogP contribution is 2.33. The van der Waals surface area contributed by atoms with Gasteiger partial charge in [-0.2, -0.15) is 0 Å². The predicted octanol–water partition coefficient (Wildman–Crippen LogP) is 3.92. The molecular weight excluding hydrogens is 368 g/mol. The Hall–Kier alpha value is -3.07. The second-order valence-corrected chi connectivity index (χ2v) is 7.58. The molecule has 0 aliphatic rings. The normalized spacial score (nSPS) is 11.3. The molecule has 4 rings (SSSR count). The Morgan fingerprint density at radius 1 is 1.19 bits per heavy atom. The van der Waals surface area contributed by atoms with Crippen LogP contribution in [0.4, 0.5) is 0 Å². The number of aryl methyl sites for hydroxylation is 4. The molecular formula is C18H16N4O4S. The van der Waals surface area contributed by atoms with E-state index < -0.39 is 5.97 Å². The molecule has 0 aliphatic carbocycles. The lowest BCUT2D eigenvalue weighted by Gasteiger charge is -2.06. The Kier molecular flexibility index (Phi) is 4.23. The lowest BCUT2D eigenvalue weighted by molar-refractivity contribution is 0.0439. The quantitative estimate of drug-likeness (QED) is 0.488. The maximum Gasteiger partial charge on any atom is 0.339 e. The number of rotatable bonds is 4. The van der Waals surface area contributed by atoms with E-state index in [9.17, 15) is 4.79 Å². The van der Waals surface area contributed by atoms with Crippen molar-refractivity contribution in [3.8, 4) is 11.3 Å². The first kappa shape index (κ1) is 17.3. The average molecular weight is 384 g/mol. The van der Waals surface area contributed by atoms with Gasteiger partial charge in [0.1, 0.15) is 0 Å². The Labute approximate surface area is 158 Å². The van der Waals surface area contributed by atoms with Gasteiger partial charge < -0.3 is 13.7 Å². The van der Waals surface area contributed by atoms with Crippen LogP contribution in [0.2, 0.25) is 0 Å². The molecule has 0 unspecified atom stereocenters. The van der Waals surface area contributed by atoms with Gasteiger partial charge in [-0.15, -0.1) is 21.5 Å². The molecule has 9 heteroatoms. The summed E-state index contributed by atoms with van der Waals surface area (Å²) in [4.78, 5) is 19.6. The summed E-state index contributed by atoms with van der Waals surface area (Å²) in [6.45, 7) is 7.36. The van der Waals surface area contributed by atoms with Gasteiger partial charge in [-0.3, -0.25) is 0 Å². The molecule has 0 fully saturated rings. The fourth-order valence-electron chi connectivity index (χ4n) is 2.88. The van der Waals surface area contributed by atoms with Gasteiger partial charge in [0.2, 0.25) is 5.89 Å². The topological polar surface area (TPSA) is 104 Å². The summed E-state index contributed by atoms with van der Waals surface area (Å²) >= 11 is 1.67. The fourth-order valence-corrected chi connectivity index (χ4v) is 3.81. The van der Waals surface area contributed by atoms with Gasteiger partial charge in [-0.25, -0.2) is 9.78 Å². The SMILES string of the molecule is Cc1nnc(COC(=O)c2cc(-c3cc(C)sc3C)nc3onc(C)c23)o1. The minimum Gasteiger partial charge on any atom is -0.452 e. The maximum atomic E-state index is 12.8. The van der Waals surface area contributed by atoms with E-state index >= 15 is 0 Å². The van der Waals surface area contributed by atoms with E-state index in [4.69, 9.17) is 13.7 Å². The van der Waals surface area contributed by atoms with E-state index in [1.165, 1.54) is 0 Å². The van der Waals surface area contributed by atoms with Gasteiger partial charge in [0.15, 0.2) is 6.61 Å². The predicted molar refractivity (Wildman–Crippen MR) is 97.5 cm³/mol. The molecule has 0 amide bonds. The van der Waals surface area contributed by atoms with Crippen LogP contribution in [0, 0.1) is 27.7 Å². The van der Waals surface area contributed by atoms with E-state index in [0.717, 1.165) is 15.3 Å². The number of fused-ring (bicyclic) bond motifs is 1. The van der Waals surface area contributed by atoms with Crippen LogP contribution in [0.3, 0.4) is 0 Å². The molecule has 0 saturated heterocycles. The van der Waals surface area contributed by atoms with Gasteiger partial charge in [-0.05, 0) is 32.9 Å². The largest absolute Gasteiger partial charge is 0.452 e. The van der Waals surface area contributed by atoms with Gasteiger partial charge >= 0.3 is 5.97 Å². The van der Waals surface area contributed by atoms with Crippen molar-refractivity contribution in [3.05, 3.63) is 44.9 Å². The van der Waals surface area contributed by atoms with Crippen molar-refractivity contribution in [2.24, 2.45) is 0 Å². The smallest absolute Gasteiger partial charge is 0.339 e. The van der Waals surface area contributed by atoms with Crippen LogP contribution < -0.4 is 0 Å². The van der Waals surface area contributed by atoms with Crippen LogP contribution in [0.25, 0.3) is 22.4 Å². The summed E-state index contributed by atoms with van der Waals surface area (Å²) in [5.74, 6) is 0.112. The molecule has 4 heterocycles. The Morgan fingerprint density at radius 3 is 2.67 bits per heavy atom. The van der Waals surface area contributed by atoms with Crippen LogP contribution in [0.1, 0.15) is 37.6 Å². The number of aromatic nitrogens is 4. The van der Waals surface area contributed by atoms with Crippen molar-refractivity contribution in [2.75, 3.05) is 0 Å². The summed E-state index contributed by atoms with van der Waals surface area (Å²) in [6, 6.07) is 3.75. The number of pyridine rings is 1. The lowest BCUT2D eigenvalue weighted by atomic mass is 10.1. The van der Waals surface area contributed by atoms with Crippen molar-refractivity contribution >= 4 is 28.4 Å². The van der Waals surface area contributed by atoms with Crippen molar-refractivity contribution in [3.63, 3.8) is 0 Å². The molecule has 8 nitrogen and oxygen atoms in total. The summed E-state index contributed by atoms with van der Waals surface area (Å²) in [6.07, 6.45) is 0. The third kappa shape index (κ3) is 3.21. The molecule has 0 spiro atoms. The third-order valence-electron chi connectivity index (χ3n) is 4.05. The average Bonchev–Trinajstić information content (AvgIpc) is 3.31. The monoisotopic (exact) mass is 384 g/mol. The fraction of sp³-hybridized carbons (Fsp3) is 0.278. The lowest BCUT2D eigenvalue weighted by Crippen LogP contribution is -2.07. The molecule has 0 saturated carbocycles. The third-order valence-corrected chi connectivity index (χ3v) is 5.01. The van der Waals surface area contributed by atoms with Crippen LogP contribution in [-0.2, 0) is 11.3 Å². The first-order valence-corrected chi connectivity index (χ1v) is 9.04. The number of nitrogens with zero attached hydrogens (tertiary/aromatic N) is 4. The molecule has 27 heavy (non-hydrogen) atoms. The van der Waals surface area contributed by atoms with E-state index in [-0.39, 0.29) is 12.5 Å². The molecule has 4 aromatic rings. The summed E-state index contributed by atoms with van der Waals surface area (Å²) in [7, 11) is 0. The van der Waals surface area contributed by atoms with Crippen molar-refractivity contribution in [2.45, 2.75) is 34.3 Å². The van der Waals surface area contributed by atoms with Gasteiger partial charge in [-0.1, -0.05) is 5.16 Å². The number of hydrogen-bond acceptors (Lipinski definition) is 9. The highest BCUT2D eigenvalue weighted by molar-refractivity contribution is 7.12. The molecule has 0 atom stereocenters. The summed E-state index contributed by atoms with van der Waals surface area (Å²) < 4.78 is 15.9. The summed E-state index contributed by atoms with van der Waals surface area (Å²) in [5, 5.41) is 12.0. The van der Waals surface area contributed by atoms with Crippen LogP contribution in [0.5, 0.6) is 0 Å². The second-order valence-electron chi connectivity index (χ2n) is 6.12. The molecule has 138 valence electrons. The molecule has 0 aliphatic heterocycles. The Balaban J connectivity index is 1.74. The Bertz CT molecular complexity index is 1160. The number of esters is 1. The first-order chi connectivity index (χ1) is 12.9. The van der Waals surface area contributed by atoms with Gasteiger partial charge in [0, 0.05) is 22.2 Å². The molecule has 4 aromatic heterocycles. The number of carbonyl (C=O) groups is 1. The zero-order valence-electron chi connectivity index (χ0n) is 15.2. The van der Waals surface area contributed by atoms with E-state index in [1.807, 2.05) is 19.9 Å². The number of carbonyl (C=O) groups excluding carboxylic acids is 1.